The standard InChI is InChI=1S/C17H16ClN3O3S3/c18-14-4-2-1-3-13(14)16-19-12(8-25-16)9-26-17-21-20-15(24-17)7-11-5-6-27(22,23)10-11/h1-4,8,11H,5-7,9-10H2. The minimum absolute atomic E-state index is 0.0741. The van der Waals surface area contributed by atoms with E-state index in [9.17, 15) is 8.42 Å². The van der Waals surface area contributed by atoms with E-state index in [1.165, 1.54) is 11.8 Å². The summed E-state index contributed by atoms with van der Waals surface area (Å²) in [5.41, 5.74) is 1.84. The molecule has 2 aromatic heterocycles. The molecule has 0 radical (unpaired) electrons. The van der Waals surface area contributed by atoms with Crippen molar-refractivity contribution >= 4 is 44.5 Å². The molecule has 3 aromatic rings. The Morgan fingerprint density at radius 1 is 1.30 bits per heavy atom. The second kappa shape index (κ2) is 7.90. The average molecular weight is 442 g/mol. The molecule has 1 aromatic carbocycles. The van der Waals surface area contributed by atoms with E-state index in [1.54, 1.807) is 11.3 Å². The molecule has 0 saturated carbocycles. The fourth-order valence-corrected chi connectivity index (χ4v) is 6.71. The van der Waals surface area contributed by atoms with Crippen LogP contribution in [0.4, 0.5) is 0 Å². The molecule has 4 rings (SSSR count). The van der Waals surface area contributed by atoms with Gasteiger partial charge in [0.2, 0.25) is 5.89 Å². The van der Waals surface area contributed by atoms with Crippen LogP contribution in [0.25, 0.3) is 10.6 Å². The first-order valence-corrected chi connectivity index (χ1v) is 12.4. The quantitative estimate of drug-likeness (QED) is 0.532. The molecule has 142 valence electrons. The van der Waals surface area contributed by atoms with Crippen molar-refractivity contribution in [1.82, 2.24) is 15.2 Å². The molecule has 0 spiro atoms. The maximum absolute atomic E-state index is 11.5. The monoisotopic (exact) mass is 441 g/mol. The number of hydrogen-bond donors (Lipinski definition) is 0. The fraction of sp³-hybridized carbons (Fsp3) is 0.353. The Bertz CT molecular complexity index is 1050. The summed E-state index contributed by atoms with van der Waals surface area (Å²) in [5.74, 6) is 1.65. The molecular weight excluding hydrogens is 426 g/mol. The summed E-state index contributed by atoms with van der Waals surface area (Å²) in [5, 5.41) is 12.1. The van der Waals surface area contributed by atoms with Gasteiger partial charge in [-0.15, -0.1) is 21.5 Å². The molecule has 0 N–H and O–H groups in total. The number of aromatic nitrogens is 3. The third-order valence-electron chi connectivity index (χ3n) is 4.24. The molecule has 10 heteroatoms. The third kappa shape index (κ3) is 4.71. The molecule has 1 fully saturated rings. The Hall–Kier alpha value is -1.42. The number of thiazole rings is 1. The molecule has 1 aliphatic rings. The van der Waals surface area contributed by atoms with Crippen LogP contribution in [0.5, 0.6) is 0 Å². The molecule has 1 saturated heterocycles. The van der Waals surface area contributed by atoms with Crippen molar-refractivity contribution in [2.75, 3.05) is 11.5 Å². The second-order valence-electron chi connectivity index (χ2n) is 6.35. The number of benzene rings is 1. The zero-order valence-electron chi connectivity index (χ0n) is 14.2. The summed E-state index contributed by atoms with van der Waals surface area (Å²) in [4.78, 5) is 4.62. The van der Waals surface area contributed by atoms with Gasteiger partial charge >= 0.3 is 0 Å². The summed E-state index contributed by atoms with van der Waals surface area (Å²) in [7, 11) is -2.89. The van der Waals surface area contributed by atoms with Crippen molar-refractivity contribution in [2.24, 2.45) is 5.92 Å². The van der Waals surface area contributed by atoms with E-state index >= 15 is 0 Å². The van der Waals surface area contributed by atoms with Gasteiger partial charge in [-0.25, -0.2) is 13.4 Å². The summed E-state index contributed by atoms with van der Waals surface area (Å²) in [6.45, 7) is 0. The van der Waals surface area contributed by atoms with Crippen LogP contribution in [0.3, 0.4) is 0 Å². The van der Waals surface area contributed by atoms with Crippen molar-refractivity contribution in [3.05, 3.63) is 46.3 Å². The number of halogens is 1. The van der Waals surface area contributed by atoms with Gasteiger partial charge in [-0.1, -0.05) is 41.6 Å². The number of thioether (sulfide) groups is 1. The highest BCUT2D eigenvalue weighted by Gasteiger charge is 2.29. The largest absolute Gasteiger partial charge is 0.416 e. The van der Waals surface area contributed by atoms with E-state index < -0.39 is 9.84 Å². The van der Waals surface area contributed by atoms with Crippen LogP contribution in [-0.4, -0.2) is 35.1 Å². The summed E-state index contributed by atoms with van der Waals surface area (Å²) < 4.78 is 28.7. The van der Waals surface area contributed by atoms with Crippen LogP contribution in [0.2, 0.25) is 5.02 Å². The molecule has 3 heterocycles. The van der Waals surface area contributed by atoms with E-state index in [4.69, 9.17) is 16.0 Å². The molecule has 1 atom stereocenters. The lowest BCUT2D eigenvalue weighted by molar-refractivity contribution is 0.389. The third-order valence-corrected chi connectivity index (χ3v) is 8.18. The van der Waals surface area contributed by atoms with E-state index in [2.05, 4.69) is 15.2 Å². The van der Waals surface area contributed by atoms with E-state index in [0.717, 1.165) is 16.3 Å². The van der Waals surface area contributed by atoms with Crippen LogP contribution < -0.4 is 0 Å². The smallest absolute Gasteiger partial charge is 0.276 e. The number of rotatable bonds is 6. The normalized spacial score (nSPS) is 18.8. The zero-order valence-corrected chi connectivity index (χ0v) is 17.4. The van der Waals surface area contributed by atoms with Crippen molar-refractivity contribution in [1.29, 1.82) is 0 Å². The van der Waals surface area contributed by atoms with Gasteiger partial charge in [-0.3, -0.25) is 0 Å². The van der Waals surface area contributed by atoms with Crippen LogP contribution in [0.15, 0.2) is 39.3 Å². The zero-order chi connectivity index (χ0) is 18.9. The summed E-state index contributed by atoms with van der Waals surface area (Å²) in [6, 6.07) is 7.63. The predicted octanol–water partition coefficient (Wildman–Crippen LogP) is 4.12. The van der Waals surface area contributed by atoms with Gasteiger partial charge in [0.15, 0.2) is 9.84 Å². The lowest BCUT2D eigenvalue weighted by Gasteiger charge is -2.01. The van der Waals surface area contributed by atoms with Gasteiger partial charge in [0.1, 0.15) is 5.01 Å². The molecule has 0 aliphatic carbocycles. The van der Waals surface area contributed by atoms with Gasteiger partial charge in [-0.2, -0.15) is 0 Å². The Labute approximate surface area is 170 Å². The lowest BCUT2D eigenvalue weighted by Crippen LogP contribution is -2.07. The minimum atomic E-state index is -2.89. The first-order chi connectivity index (χ1) is 13.0. The van der Waals surface area contributed by atoms with Gasteiger partial charge in [0, 0.05) is 23.1 Å². The van der Waals surface area contributed by atoms with Crippen molar-refractivity contribution in [3.63, 3.8) is 0 Å². The molecule has 1 unspecified atom stereocenters. The molecule has 6 nitrogen and oxygen atoms in total. The van der Waals surface area contributed by atoms with E-state index in [-0.39, 0.29) is 17.4 Å². The Kier molecular flexibility index (Phi) is 5.54. The van der Waals surface area contributed by atoms with Crippen molar-refractivity contribution in [3.8, 4) is 10.6 Å². The molecule has 0 bridgehead atoms. The Morgan fingerprint density at radius 3 is 2.93 bits per heavy atom. The predicted molar refractivity (Wildman–Crippen MR) is 107 cm³/mol. The number of sulfone groups is 1. The maximum atomic E-state index is 11.5. The molecule has 27 heavy (non-hydrogen) atoms. The average Bonchev–Trinajstić information content (AvgIpc) is 3.34. The van der Waals surface area contributed by atoms with Crippen LogP contribution in [0, 0.1) is 5.92 Å². The molecule has 1 aliphatic heterocycles. The highest BCUT2D eigenvalue weighted by molar-refractivity contribution is 7.98. The van der Waals surface area contributed by atoms with Crippen LogP contribution >= 0.6 is 34.7 Å². The van der Waals surface area contributed by atoms with Crippen LogP contribution in [-0.2, 0) is 22.0 Å². The topological polar surface area (TPSA) is 86.0 Å². The second-order valence-corrected chi connectivity index (χ2v) is 10.8. The Balaban J connectivity index is 1.35. The first-order valence-electron chi connectivity index (χ1n) is 8.33. The highest BCUT2D eigenvalue weighted by Crippen LogP contribution is 2.32. The van der Waals surface area contributed by atoms with E-state index in [0.29, 0.717) is 34.7 Å². The first kappa shape index (κ1) is 18.9. The SMILES string of the molecule is O=S1(=O)CCC(Cc2nnc(SCc3csc(-c4ccccc4Cl)n3)o2)C1. The highest BCUT2D eigenvalue weighted by atomic mass is 35.5. The van der Waals surface area contributed by atoms with Gasteiger partial charge in [0.05, 0.1) is 22.2 Å². The molecular formula is C17H16ClN3O3S3. The minimum Gasteiger partial charge on any atom is -0.416 e. The summed E-state index contributed by atoms with van der Waals surface area (Å²) >= 11 is 9.18. The molecule has 0 amide bonds. The maximum Gasteiger partial charge on any atom is 0.276 e. The van der Waals surface area contributed by atoms with Crippen molar-refractivity contribution in [2.45, 2.75) is 23.8 Å². The fourth-order valence-electron chi connectivity index (χ4n) is 2.93. The van der Waals surface area contributed by atoms with Gasteiger partial charge in [0.25, 0.3) is 5.22 Å². The van der Waals surface area contributed by atoms with Gasteiger partial charge < -0.3 is 4.42 Å². The lowest BCUT2D eigenvalue weighted by atomic mass is 10.1. The summed E-state index contributed by atoms with van der Waals surface area (Å²) in [6.07, 6.45) is 1.18. The van der Waals surface area contributed by atoms with Crippen LogP contribution in [0.1, 0.15) is 18.0 Å². The Morgan fingerprint density at radius 2 is 2.15 bits per heavy atom. The number of nitrogens with zero attached hydrogens (tertiary/aromatic N) is 3. The van der Waals surface area contributed by atoms with Gasteiger partial charge in [-0.05, 0) is 18.4 Å². The number of hydrogen-bond acceptors (Lipinski definition) is 8. The van der Waals surface area contributed by atoms with E-state index in [1.807, 2.05) is 29.6 Å². The van der Waals surface area contributed by atoms with Crippen molar-refractivity contribution < 1.29 is 12.8 Å².